The summed E-state index contributed by atoms with van der Waals surface area (Å²) in [4.78, 5) is 15.2. The van der Waals surface area contributed by atoms with Crippen LogP contribution in [-0.2, 0) is 11.4 Å². The maximum absolute atomic E-state index is 13.3. The Bertz CT molecular complexity index is 1370. The molecular weight excluding hydrogens is 605 g/mol. The molecule has 5 nitrogen and oxygen atoms in total. The summed E-state index contributed by atoms with van der Waals surface area (Å²) in [6, 6.07) is 16.2. The van der Waals surface area contributed by atoms with E-state index in [0.29, 0.717) is 53.3 Å². The van der Waals surface area contributed by atoms with Gasteiger partial charge < -0.3 is 14.2 Å². The van der Waals surface area contributed by atoms with Gasteiger partial charge >= 0.3 is 0 Å². The first-order chi connectivity index (χ1) is 17.3. The van der Waals surface area contributed by atoms with Gasteiger partial charge in [0.2, 0.25) is 0 Å². The average Bonchev–Trinajstić information content (AvgIpc) is 3.12. The van der Waals surface area contributed by atoms with Crippen LogP contribution in [0, 0.1) is 0 Å². The van der Waals surface area contributed by atoms with Gasteiger partial charge in [-0.3, -0.25) is 9.69 Å². The maximum atomic E-state index is 13.3. The SMILES string of the molecule is CCOc1cc(/C=C2\SC(=S)N(c3ccccc3OC)C2=O)cc(Br)c1OCc1ccc(Cl)cc1Cl. The number of anilines is 1. The van der Waals surface area contributed by atoms with Crippen molar-refractivity contribution >= 4 is 85.1 Å². The lowest BCUT2D eigenvalue weighted by Gasteiger charge is -2.17. The predicted octanol–water partition coefficient (Wildman–Crippen LogP) is 8.15. The molecule has 1 aliphatic rings. The van der Waals surface area contributed by atoms with Crippen molar-refractivity contribution in [2.24, 2.45) is 0 Å². The highest BCUT2D eigenvalue weighted by molar-refractivity contribution is 9.10. The third-order valence-electron chi connectivity index (χ3n) is 5.14. The van der Waals surface area contributed by atoms with Gasteiger partial charge in [-0.05, 0) is 70.9 Å². The zero-order chi connectivity index (χ0) is 25.8. The van der Waals surface area contributed by atoms with Crippen LogP contribution in [0.2, 0.25) is 10.0 Å². The monoisotopic (exact) mass is 623 g/mol. The van der Waals surface area contributed by atoms with Crippen LogP contribution in [0.4, 0.5) is 5.69 Å². The Morgan fingerprint density at radius 1 is 1.08 bits per heavy atom. The van der Waals surface area contributed by atoms with E-state index >= 15 is 0 Å². The number of halogens is 3. The summed E-state index contributed by atoms with van der Waals surface area (Å²) in [7, 11) is 1.56. The molecule has 0 aromatic heterocycles. The summed E-state index contributed by atoms with van der Waals surface area (Å²) in [5.74, 6) is 1.41. The van der Waals surface area contributed by atoms with Crippen molar-refractivity contribution in [1.29, 1.82) is 0 Å². The van der Waals surface area contributed by atoms with Crippen LogP contribution in [0.1, 0.15) is 18.1 Å². The summed E-state index contributed by atoms with van der Waals surface area (Å²) >= 11 is 22.6. The third-order valence-corrected chi connectivity index (χ3v) is 7.61. The quantitative estimate of drug-likeness (QED) is 0.186. The summed E-state index contributed by atoms with van der Waals surface area (Å²) in [5.41, 5.74) is 2.15. The molecular formula is C26H20BrCl2NO4S2. The minimum atomic E-state index is -0.221. The minimum absolute atomic E-state index is 0.221. The van der Waals surface area contributed by atoms with Gasteiger partial charge in [-0.1, -0.05) is 65.4 Å². The molecule has 4 rings (SSSR count). The second kappa shape index (κ2) is 11.9. The van der Waals surface area contributed by atoms with Crippen LogP contribution in [0.15, 0.2) is 64.0 Å². The number of amides is 1. The van der Waals surface area contributed by atoms with Crippen molar-refractivity contribution in [2.75, 3.05) is 18.6 Å². The smallest absolute Gasteiger partial charge is 0.270 e. The van der Waals surface area contributed by atoms with E-state index in [-0.39, 0.29) is 12.5 Å². The fourth-order valence-corrected chi connectivity index (χ4v) is 5.83. The molecule has 0 N–H and O–H groups in total. The van der Waals surface area contributed by atoms with Crippen molar-refractivity contribution < 1.29 is 19.0 Å². The van der Waals surface area contributed by atoms with E-state index in [9.17, 15) is 4.79 Å². The number of thiocarbonyl (C=S) groups is 1. The Kier molecular flexibility index (Phi) is 8.85. The van der Waals surface area contributed by atoms with Crippen LogP contribution in [-0.4, -0.2) is 23.9 Å². The Balaban J connectivity index is 1.62. The summed E-state index contributed by atoms with van der Waals surface area (Å²) in [6.07, 6.45) is 1.78. The maximum Gasteiger partial charge on any atom is 0.270 e. The van der Waals surface area contributed by atoms with Crippen LogP contribution < -0.4 is 19.1 Å². The number of rotatable bonds is 8. The number of carbonyl (C=O) groups excluding carboxylic acids is 1. The standard InChI is InChI=1S/C26H20BrCl2NO4S2/c1-3-33-22-11-15(10-18(27)24(22)34-14-16-8-9-17(28)13-19(16)29)12-23-25(31)30(26(35)36-23)20-6-4-5-7-21(20)32-2/h4-13H,3,14H2,1-2H3/b23-12-. The molecule has 1 saturated heterocycles. The molecule has 0 spiro atoms. The fraction of sp³-hybridized carbons (Fsp3) is 0.154. The first kappa shape index (κ1) is 26.8. The molecule has 36 heavy (non-hydrogen) atoms. The van der Waals surface area contributed by atoms with E-state index in [4.69, 9.17) is 49.6 Å². The van der Waals surface area contributed by atoms with Crippen LogP contribution in [0.25, 0.3) is 6.08 Å². The van der Waals surface area contributed by atoms with Crippen molar-refractivity contribution in [1.82, 2.24) is 0 Å². The molecule has 0 saturated carbocycles. The highest BCUT2D eigenvalue weighted by Gasteiger charge is 2.35. The number of nitrogens with zero attached hydrogens (tertiary/aromatic N) is 1. The first-order valence-corrected chi connectivity index (χ1v) is 13.5. The fourth-order valence-electron chi connectivity index (χ4n) is 3.50. The third kappa shape index (κ3) is 5.84. The molecule has 0 aliphatic carbocycles. The molecule has 3 aromatic rings. The number of para-hydroxylation sites is 2. The Hall–Kier alpha value is -2.23. The minimum Gasteiger partial charge on any atom is -0.495 e. The number of hydrogen-bond donors (Lipinski definition) is 0. The van der Waals surface area contributed by atoms with Gasteiger partial charge in [-0.2, -0.15) is 0 Å². The Labute approximate surface area is 237 Å². The molecule has 3 aromatic carbocycles. The molecule has 1 heterocycles. The lowest BCUT2D eigenvalue weighted by atomic mass is 10.1. The highest BCUT2D eigenvalue weighted by Crippen LogP contribution is 2.42. The van der Waals surface area contributed by atoms with E-state index < -0.39 is 0 Å². The van der Waals surface area contributed by atoms with E-state index in [1.54, 1.807) is 37.5 Å². The average molecular weight is 625 g/mol. The molecule has 0 radical (unpaired) electrons. The number of carbonyl (C=O) groups is 1. The lowest BCUT2D eigenvalue weighted by molar-refractivity contribution is -0.113. The first-order valence-electron chi connectivity index (χ1n) is 10.8. The highest BCUT2D eigenvalue weighted by atomic mass is 79.9. The largest absolute Gasteiger partial charge is 0.495 e. The zero-order valence-electron chi connectivity index (χ0n) is 19.2. The molecule has 0 bridgehead atoms. The van der Waals surface area contributed by atoms with Crippen molar-refractivity contribution in [3.63, 3.8) is 0 Å². The van der Waals surface area contributed by atoms with E-state index in [1.807, 2.05) is 37.3 Å². The topological polar surface area (TPSA) is 48.0 Å². The molecule has 186 valence electrons. The van der Waals surface area contributed by atoms with Crippen LogP contribution in [0.5, 0.6) is 17.2 Å². The molecule has 0 unspecified atom stereocenters. The number of ether oxygens (including phenoxy) is 3. The van der Waals surface area contributed by atoms with Crippen molar-refractivity contribution in [3.05, 3.63) is 85.1 Å². The summed E-state index contributed by atoms with van der Waals surface area (Å²) < 4.78 is 18.4. The second-order valence-corrected chi connectivity index (χ2v) is 10.9. The molecule has 1 amide bonds. The summed E-state index contributed by atoms with van der Waals surface area (Å²) in [6.45, 7) is 2.55. The van der Waals surface area contributed by atoms with Gasteiger partial charge in [-0.25, -0.2) is 0 Å². The number of thioether (sulfide) groups is 1. The molecule has 1 fully saturated rings. The van der Waals surface area contributed by atoms with Gasteiger partial charge in [-0.15, -0.1) is 0 Å². The van der Waals surface area contributed by atoms with Crippen LogP contribution in [0.3, 0.4) is 0 Å². The number of benzene rings is 3. The molecule has 0 atom stereocenters. The molecule has 10 heteroatoms. The van der Waals surface area contributed by atoms with Crippen molar-refractivity contribution in [2.45, 2.75) is 13.5 Å². The molecule has 1 aliphatic heterocycles. The van der Waals surface area contributed by atoms with E-state index in [2.05, 4.69) is 15.9 Å². The van der Waals surface area contributed by atoms with Crippen LogP contribution >= 0.6 is 63.1 Å². The summed E-state index contributed by atoms with van der Waals surface area (Å²) in [5, 5.41) is 1.07. The van der Waals surface area contributed by atoms with E-state index in [1.165, 1.54) is 16.7 Å². The zero-order valence-corrected chi connectivity index (χ0v) is 23.9. The number of methoxy groups -OCH3 is 1. The van der Waals surface area contributed by atoms with Gasteiger partial charge in [0.15, 0.2) is 15.8 Å². The second-order valence-electron chi connectivity index (χ2n) is 7.48. The Morgan fingerprint density at radius 3 is 2.58 bits per heavy atom. The normalized spacial score (nSPS) is 14.5. The van der Waals surface area contributed by atoms with Gasteiger partial charge in [0.1, 0.15) is 12.4 Å². The van der Waals surface area contributed by atoms with Crippen molar-refractivity contribution in [3.8, 4) is 17.2 Å². The van der Waals surface area contributed by atoms with Gasteiger partial charge in [0.25, 0.3) is 5.91 Å². The Morgan fingerprint density at radius 2 is 1.86 bits per heavy atom. The van der Waals surface area contributed by atoms with E-state index in [0.717, 1.165) is 11.1 Å². The van der Waals surface area contributed by atoms with Gasteiger partial charge in [0, 0.05) is 15.6 Å². The lowest BCUT2D eigenvalue weighted by Crippen LogP contribution is -2.27. The predicted molar refractivity (Wildman–Crippen MR) is 155 cm³/mol. The van der Waals surface area contributed by atoms with Gasteiger partial charge in [0.05, 0.1) is 28.8 Å². The number of hydrogen-bond acceptors (Lipinski definition) is 6.